The monoisotopic (exact) mass is 444 g/mol. The van der Waals surface area contributed by atoms with Gasteiger partial charge in [0, 0.05) is 19.0 Å². The molecular weight excluding hydrogens is 412 g/mol. The first-order valence-electron chi connectivity index (χ1n) is 12.2. The van der Waals surface area contributed by atoms with Crippen LogP contribution in [0, 0.1) is 11.8 Å². The van der Waals surface area contributed by atoms with Gasteiger partial charge in [-0.25, -0.2) is 0 Å². The average molecular weight is 445 g/mol. The van der Waals surface area contributed by atoms with E-state index in [9.17, 15) is 9.59 Å². The molecule has 3 atom stereocenters. The molecule has 2 amide bonds. The van der Waals surface area contributed by atoms with Crippen LogP contribution in [-0.2, 0) is 20.7 Å². The fourth-order valence-corrected chi connectivity index (χ4v) is 5.48. The van der Waals surface area contributed by atoms with Crippen LogP contribution in [0.5, 0.6) is 0 Å². The molecular formula is C28H32N2O3. The second kappa shape index (κ2) is 9.82. The van der Waals surface area contributed by atoms with Crippen LogP contribution in [0.2, 0.25) is 0 Å². The molecule has 2 aliphatic heterocycles. The highest BCUT2D eigenvalue weighted by atomic mass is 16.5. The summed E-state index contributed by atoms with van der Waals surface area (Å²) in [5.74, 6) is 1.06. The van der Waals surface area contributed by atoms with E-state index in [0.29, 0.717) is 18.1 Å². The summed E-state index contributed by atoms with van der Waals surface area (Å²) in [6.07, 6.45) is 7.23. The quantitative estimate of drug-likeness (QED) is 0.720. The Morgan fingerprint density at radius 3 is 2.39 bits per heavy atom. The predicted octanol–water partition coefficient (Wildman–Crippen LogP) is 4.19. The third-order valence-electron chi connectivity index (χ3n) is 7.35. The Bertz CT molecular complexity index is 996. The molecule has 1 saturated carbocycles. The Morgan fingerprint density at radius 2 is 1.67 bits per heavy atom. The molecule has 2 aromatic rings. The minimum Gasteiger partial charge on any atom is -0.483 e. The van der Waals surface area contributed by atoms with Crippen molar-refractivity contribution in [1.29, 1.82) is 0 Å². The van der Waals surface area contributed by atoms with Gasteiger partial charge in [-0.1, -0.05) is 60.7 Å². The summed E-state index contributed by atoms with van der Waals surface area (Å²) in [7, 11) is 0. The number of fused-ring (bicyclic) bond motifs is 1. The number of rotatable bonds is 4. The molecule has 0 aromatic heterocycles. The van der Waals surface area contributed by atoms with Gasteiger partial charge in [0.25, 0.3) is 5.91 Å². The number of nitrogens with one attached hydrogen (secondary N) is 1. The highest BCUT2D eigenvalue weighted by Crippen LogP contribution is 2.33. The number of carbonyl (C=O) groups is 2. The first kappa shape index (κ1) is 21.7. The largest absolute Gasteiger partial charge is 0.483 e. The van der Waals surface area contributed by atoms with Crippen LogP contribution >= 0.6 is 0 Å². The standard InChI is InChI=1S/C28H32N2O3/c31-27-26(18-21-9-5-2-6-10-21)33-25-12-11-23(19-24(25)29-27)28(32)30-15-13-22(14-16-30)17-20-7-3-1-4-8-20/h1-10,18,22-25H,11-17,19H2,(H,29,31)/b26-18-. The summed E-state index contributed by atoms with van der Waals surface area (Å²) in [4.78, 5) is 27.9. The minimum atomic E-state index is -0.185. The molecule has 3 fully saturated rings. The number of morpholine rings is 1. The number of piperidine rings is 1. The van der Waals surface area contributed by atoms with Gasteiger partial charge in [-0.15, -0.1) is 0 Å². The van der Waals surface area contributed by atoms with Crippen LogP contribution in [-0.4, -0.2) is 41.9 Å². The number of benzene rings is 2. The van der Waals surface area contributed by atoms with Gasteiger partial charge in [0.15, 0.2) is 5.76 Å². The zero-order chi connectivity index (χ0) is 22.6. The van der Waals surface area contributed by atoms with Crippen LogP contribution in [0.25, 0.3) is 6.08 Å². The van der Waals surface area contributed by atoms with E-state index in [1.54, 1.807) is 6.08 Å². The van der Waals surface area contributed by atoms with Gasteiger partial charge in [-0.2, -0.15) is 0 Å². The molecule has 0 spiro atoms. The molecule has 3 unspecified atom stereocenters. The smallest absolute Gasteiger partial charge is 0.286 e. The lowest BCUT2D eigenvalue weighted by Crippen LogP contribution is -2.55. The first-order chi connectivity index (χ1) is 16.2. The van der Waals surface area contributed by atoms with Gasteiger partial charge in [0.2, 0.25) is 5.91 Å². The predicted molar refractivity (Wildman–Crippen MR) is 128 cm³/mol. The summed E-state index contributed by atoms with van der Waals surface area (Å²) < 4.78 is 6.07. The van der Waals surface area contributed by atoms with Gasteiger partial charge < -0.3 is 15.0 Å². The van der Waals surface area contributed by atoms with Gasteiger partial charge in [-0.05, 0) is 61.6 Å². The van der Waals surface area contributed by atoms with Crippen molar-refractivity contribution in [3.8, 4) is 0 Å². The summed E-state index contributed by atoms with van der Waals surface area (Å²) in [5, 5.41) is 3.11. The molecule has 5 nitrogen and oxygen atoms in total. The van der Waals surface area contributed by atoms with E-state index in [2.05, 4.69) is 40.5 Å². The number of amides is 2. The average Bonchev–Trinajstić information content (AvgIpc) is 2.85. The van der Waals surface area contributed by atoms with Crippen LogP contribution in [0.15, 0.2) is 66.4 Å². The van der Waals surface area contributed by atoms with Crippen LogP contribution in [0.4, 0.5) is 0 Å². The van der Waals surface area contributed by atoms with Crippen LogP contribution in [0.1, 0.15) is 43.2 Å². The Morgan fingerprint density at radius 1 is 0.970 bits per heavy atom. The zero-order valence-corrected chi connectivity index (χ0v) is 19.0. The van der Waals surface area contributed by atoms with Gasteiger partial charge >= 0.3 is 0 Å². The second-order valence-electron chi connectivity index (χ2n) is 9.62. The Balaban J connectivity index is 1.14. The zero-order valence-electron chi connectivity index (χ0n) is 19.0. The summed E-state index contributed by atoms with van der Waals surface area (Å²) in [5.41, 5.74) is 2.33. The van der Waals surface area contributed by atoms with Gasteiger partial charge in [0.1, 0.15) is 6.10 Å². The normalized spacial score (nSPS) is 26.9. The fraction of sp³-hybridized carbons (Fsp3) is 0.429. The van der Waals surface area contributed by atoms with Crippen molar-refractivity contribution in [3.05, 3.63) is 77.5 Å². The lowest BCUT2D eigenvalue weighted by atomic mass is 9.81. The highest BCUT2D eigenvalue weighted by Gasteiger charge is 2.41. The summed E-state index contributed by atoms with van der Waals surface area (Å²) in [6.45, 7) is 1.68. The maximum Gasteiger partial charge on any atom is 0.286 e. The van der Waals surface area contributed by atoms with E-state index in [4.69, 9.17) is 4.74 Å². The number of nitrogens with zero attached hydrogens (tertiary/aromatic N) is 1. The molecule has 0 bridgehead atoms. The van der Waals surface area contributed by atoms with Crippen molar-refractivity contribution >= 4 is 17.9 Å². The summed E-state index contributed by atoms with van der Waals surface area (Å²) in [6, 6.07) is 20.3. The number of hydrogen-bond acceptors (Lipinski definition) is 3. The van der Waals surface area contributed by atoms with E-state index >= 15 is 0 Å². The Kier molecular flexibility index (Phi) is 6.47. The van der Waals surface area contributed by atoms with E-state index in [1.165, 1.54) is 5.56 Å². The molecule has 1 N–H and O–H groups in total. The Hall–Kier alpha value is -3.08. The molecule has 5 rings (SSSR count). The van der Waals surface area contributed by atoms with E-state index in [-0.39, 0.29) is 29.9 Å². The van der Waals surface area contributed by atoms with Crippen LogP contribution < -0.4 is 5.32 Å². The van der Waals surface area contributed by atoms with E-state index < -0.39 is 0 Å². The molecule has 2 heterocycles. The molecule has 33 heavy (non-hydrogen) atoms. The molecule has 0 radical (unpaired) electrons. The maximum absolute atomic E-state index is 13.2. The maximum atomic E-state index is 13.2. The van der Waals surface area contributed by atoms with E-state index in [1.807, 2.05) is 30.3 Å². The molecule has 1 aliphatic carbocycles. The number of likely N-dealkylation sites (tertiary alicyclic amines) is 1. The SMILES string of the molecule is O=C1NC2CC(C(=O)N3CCC(Cc4ccccc4)CC3)CCC2O/C1=C\c1ccccc1. The molecule has 172 valence electrons. The first-order valence-corrected chi connectivity index (χ1v) is 12.2. The van der Waals surface area contributed by atoms with Crippen molar-refractivity contribution in [2.45, 2.75) is 50.7 Å². The van der Waals surface area contributed by atoms with Crippen LogP contribution in [0.3, 0.4) is 0 Å². The molecule has 3 aliphatic rings. The third-order valence-corrected chi connectivity index (χ3v) is 7.35. The minimum absolute atomic E-state index is 0.0273. The number of hydrogen-bond donors (Lipinski definition) is 1. The van der Waals surface area contributed by atoms with E-state index in [0.717, 1.165) is 50.8 Å². The lowest BCUT2D eigenvalue weighted by Gasteiger charge is -2.41. The molecule has 2 aromatic carbocycles. The van der Waals surface area contributed by atoms with Crippen molar-refractivity contribution < 1.29 is 14.3 Å². The summed E-state index contributed by atoms with van der Waals surface area (Å²) >= 11 is 0. The number of carbonyl (C=O) groups excluding carboxylic acids is 2. The number of ether oxygens (including phenoxy) is 1. The molecule has 2 saturated heterocycles. The van der Waals surface area contributed by atoms with Crippen molar-refractivity contribution in [3.63, 3.8) is 0 Å². The third kappa shape index (κ3) is 5.13. The Labute approximate surface area is 195 Å². The van der Waals surface area contributed by atoms with Gasteiger partial charge in [0.05, 0.1) is 6.04 Å². The van der Waals surface area contributed by atoms with Gasteiger partial charge in [-0.3, -0.25) is 9.59 Å². The second-order valence-corrected chi connectivity index (χ2v) is 9.62. The highest BCUT2D eigenvalue weighted by molar-refractivity contribution is 5.96. The lowest BCUT2D eigenvalue weighted by molar-refractivity contribution is -0.142. The fourth-order valence-electron chi connectivity index (χ4n) is 5.48. The van der Waals surface area contributed by atoms with Crippen molar-refractivity contribution in [2.75, 3.05) is 13.1 Å². The molecule has 5 heteroatoms. The topological polar surface area (TPSA) is 58.6 Å². The van der Waals surface area contributed by atoms with Crippen molar-refractivity contribution in [1.82, 2.24) is 10.2 Å². The van der Waals surface area contributed by atoms with Crippen molar-refractivity contribution in [2.24, 2.45) is 11.8 Å².